The molecular formula is C9H13F3N2O. The third-order valence-corrected chi connectivity index (χ3v) is 3.03. The van der Waals surface area contributed by atoms with Gasteiger partial charge in [-0.05, 0) is 32.2 Å². The molecule has 1 saturated carbocycles. The van der Waals surface area contributed by atoms with Crippen molar-refractivity contribution in [3.8, 4) is 0 Å². The summed E-state index contributed by atoms with van der Waals surface area (Å²) in [6, 6.07) is -0.440. The first kappa shape index (κ1) is 10.7. The number of carbonyl (C=O) groups excluding carboxylic acids is 1. The van der Waals surface area contributed by atoms with Crippen molar-refractivity contribution in [1.82, 2.24) is 10.6 Å². The standard InChI is InChI=1S/C9H13F3N2O/c10-9(11,12)8(3-4-8)14-7(15)6-2-1-5-13-6/h6,13H,1-5H2,(H,14,15)/t6-/m1/s1. The lowest BCUT2D eigenvalue weighted by atomic mass is 10.2. The molecular weight excluding hydrogens is 209 g/mol. The Balaban J connectivity index is 1.94. The molecule has 2 rings (SSSR count). The summed E-state index contributed by atoms with van der Waals surface area (Å²) < 4.78 is 37.5. The van der Waals surface area contributed by atoms with Gasteiger partial charge in [-0.2, -0.15) is 13.2 Å². The first-order chi connectivity index (χ1) is 6.95. The second-order valence-corrected chi connectivity index (χ2v) is 4.22. The van der Waals surface area contributed by atoms with E-state index in [2.05, 4.69) is 10.6 Å². The van der Waals surface area contributed by atoms with Crippen LogP contribution in [0.4, 0.5) is 13.2 Å². The van der Waals surface area contributed by atoms with Crippen molar-refractivity contribution in [2.75, 3.05) is 6.54 Å². The van der Waals surface area contributed by atoms with Gasteiger partial charge in [0.2, 0.25) is 5.91 Å². The number of hydrogen-bond acceptors (Lipinski definition) is 2. The molecule has 15 heavy (non-hydrogen) atoms. The van der Waals surface area contributed by atoms with Gasteiger partial charge in [0, 0.05) is 0 Å². The largest absolute Gasteiger partial charge is 0.411 e. The number of alkyl halides is 3. The van der Waals surface area contributed by atoms with Gasteiger partial charge in [0.1, 0.15) is 5.54 Å². The molecule has 1 saturated heterocycles. The van der Waals surface area contributed by atoms with Gasteiger partial charge >= 0.3 is 6.18 Å². The zero-order valence-electron chi connectivity index (χ0n) is 8.16. The fourth-order valence-electron chi connectivity index (χ4n) is 1.84. The number of hydrogen-bond donors (Lipinski definition) is 2. The zero-order valence-corrected chi connectivity index (χ0v) is 8.16. The molecule has 2 fully saturated rings. The summed E-state index contributed by atoms with van der Waals surface area (Å²) >= 11 is 0. The molecule has 0 bridgehead atoms. The molecule has 1 atom stereocenters. The maximum atomic E-state index is 12.5. The topological polar surface area (TPSA) is 41.1 Å². The van der Waals surface area contributed by atoms with E-state index in [1.54, 1.807) is 0 Å². The van der Waals surface area contributed by atoms with E-state index in [0.717, 1.165) is 6.42 Å². The van der Waals surface area contributed by atoms with E-state index in [1.807, 2.05) is 0 Å². The lowest BCUT2D eigenvalue weighted by Crippen LogP contribution is -2.52. The van der Waals surface area contributed by atoms with Crippen LogP contribution in [-0.2, 0) is 4.79 Å². The zero-order chi connectivity index (χ0) is 11.1. The van der Waals surface area contributed by atoms with Crippen LogP contribution in [0.3, 0.4) is 0 Å². The third kappa shape index (κ3) is 1.95. The second kappa shape index (κ2) is 3.37. The predicted octanol–water partition coefficient (Wildman–Crippen LogP) is 0.950. The highest BCUT2D eigenvalue weighted by molar-refractivity contribution is 5.83. The molecule has 86 valence electrons. The minimum absolute atomic E-state index is 0.00889. The Hall–Kier alpha value is -0.780. The summed E-state index contributed by atoms with van der Waals surface area (Å²) in [6.45, 7) is 0.705. The quantitative estimate of drug-likeness (QED) is 0.730. The van der Waals surface area contributed by atoms with Gasteiger partial charge in [-0.1, -0.05) is 0 Å². The fraction of sp³-hybridized carbons (Fsp3) is 0.889. The van der Waals surface area contributed by atoms with E-state index in [4.69, 9.17) is 0 Å². The Morgan fingerprint density at radius 1 is 1.40 bits per heavy atom. The van der Waals surface area contributed by atoms with Crippen molar-refractivity contribution in [3.63, 3.8) is 0 Å². The van der Waals surface area contributed by atoms with Crippen molar-refractivity contribution in [3.05, 3.63) is 0 Å². The van der Waals surface area contributed by atoms with Gasteiger partial charge in [0.25, 0.3) is 0 Å². The summed E-state index contributed by atoms with van der Waals surface area (Å²) in [5.74, 6) is -0.512. The van der Waals surface area contributed by atoms with Crippen LogP contribution < -0.4 is 10.6 Å². The molecule has 1 aliphatic carbocycles. The lowest BCUT2D eigenvalue weighted by Gasteiger charge is -2.22. The Kier molecular flexibility index (Phi) is 2.41. The van der Waals surface area contributed by atoms with Crippen molar-refractivity contribution in [2.45, 2.75) is 43.4 Å². The summed E-state index contributed by atoms with van der Waals surface area (Å²) in [7, 11) is 0. The van der Waals surface area contributed by atoms with Crippen LogP contribution in [0.2, 0.25) is 0 Å². The smallest absolute Gasteiger partial charge is 0.341 e. The highest BCUT2D eigenvalue weighted by Gasteiger charge is 2.64. The van der Waals surface area contributed by atoms with Crippen LogP contribution >= 0.6 is 0 Å². The Labute approximate surface area is 85.4 Å². The number of nitrogens with one attached hydrogen (secondary N) is 2. The summed E-state index contributed by atoms with van der Waals surface area (Å²) in [5.41, 5.74) is -1.92. The Bertz CT molecular complexity index is 267. The Morgan fingerprint density at radius 3 is 2.47 bits per heavy atom. The summed E-state index contributed by atoms with van der Waals surface area (Å²) in [5, 5.41) is 5.00. The summed E-state index contributed by atoms with van der Waals surface area (Å²) in [6.07, 6.45) is -2.83. The van der Waals surface area contributed by atoms with Gasteiger partial charge in [0.15, 0.2) is 0 Å². The minimum Gasteiger partial charge on any atom is -0.341 e. The van der Waals surface area contributed by atoms with Crippen LogP contribution in [-0.4, -0.2) is 30.2 Å². The van der Waals surface area contributed by atoms with Gasteiger partial charge in [-0.15, -0.1) is 0 Å². The molecule has 0 spiro atoms. The number of amides is 1. The molecule has 0 aromatic rings. The normalized spacial score (nSPS) is 28.9. The summed E-state index contributed by atoms with van der Waals surface area (Å²) in [4.78, 5) is 11.5. The molecule has 1 heterocycles. The van der Waals surface area contributed by atoms with Crippen molar-refractivity contribution < 1.29 is 18.0 Å². The van der Waals surface area contributed by atoms with Crippen molar-refractivity contribution in [2.24, 2.45) is 0 Å². The van der Waals surface area contributed by atoms with Gasteiger partial charge in [-0.25, -0.2) is 0 Å². The van der Waals surface area contributed by atoms with Crippen molar-refractivity contribution in [1.29, 1.82) is 0 Å². The van der Waals surface area contributed by atoms with Crippen LogP contribution in [0.25, 0.3) is 0 Å². The lowest BCUT2D eigenvalue weighted by molar-refractivity contribution is -0.170. The van der Waals surface area contributed by atoms with Crippen LogP contribution in [0.5, 0.6) is 0 Å². The average molecular weight is 222 g/mol. The minimum atomic E-state index is -4.32. The molecule has 0 unspecified atom stereocenters. The van der Waals surface area contributed by atoms with Crippen molar-refractivity contribution >= 4 is 5.91 Å². The van der Waals surface area contributed by atoms with E-state index in [-0.39, 0.29) is 12.8 Å². The molecule has 0 radical (unpaired) electrons. The number of halogens is 3. The molecule has 1 aliphatic heterocycles. The van der Waals surface area contributed by atoms with E-state index < -0.39 is 23.7 Å². The number of rotatable bonds is 2. The van der Waals surface area contributed by atoms with Crippen LogP contribution in [0.1, 0.15) is 25.7 Å². The maximum absolute atomic E-state index is 12.5. The molecule has 3 nitrogen and oxygen atoms in total. The first-order valence-corrected chi connectivity index (χ1v) is 5.07. The van der Waals surface area contributed by atoms with Gasteiger partial charge < -0.3 is 10.6 Å². The van der Waals surface area contributed by atoms with E-state index >= 15 is 0 Å². The van der Waals surface area contributed by atoms with E-state index in [9.17, 15) is 18.0 Å². The van der Waals surface area contributed by atoms with Gasteiger partial charge in [0.05, 0.1) is 6.04 Å². The van der Waals surface area contributed by atoms with Crippen LogP contribution in [0, 0.1) is 0 Å². The predicted molar refractivity (Wildman–Crippen MR) is 47.2 cm³/mol. The highest BCUT2D eigenvalue weighted by atomic mass is 19.4. The van der Waals surface area contributed by atoms with E-state index in [1.165, 1.54) is 0 Å². The molecule has 1 amide bonds. The molecule has 2 N–H and O–H groups in total. The second-order valence-electron chi connectivity index (χ2n) is 4.22. The third-order valence-electron chi connectivity index (χ3n) is 3.03. The molecule has 0 aromatic carbocycles. The molecule has 0 aromatic heterocycles. The monoisotopic (exact) mass is 222 g/mol. The fourth-order valence-corrected chi connectivity index (χ4v) is 1.84. The highest BCUT2D eigenvalue weighted by Crippen LogP contribution is 2.48. The van der Waals surface area contributed by atoms with Crippen LogP contribution in [0.15, 0.2) is 0 Å². The van der Waals surface area contributed by atoms with E-state index in [0.29, 0.717) is 13.0 Å². The molecule has 6 heteroatoms. The number of carbonyl (C=O) groups is 1. The first-order valence-electron chi connectivity index (χ1n) is 5.07. The SMILES string of the molecule is O=C(NC1(C(F)(F)F)CC1)[C@H]1CCCN1. The Morgan fingerprint density at radius 2 is 2.07 bits per heavy atom. The average Bonchev–Trinajstić information content (AvgIpc) is 2.74. The van der Waals surface area contributed by atoms with Gasteiger partial charge in [-0.3, -0.25) is 4.79 Å². The molecule has 2 aliphatic rings. The maximum Gasteiger partial charge on any atom is 0.411 e.